The summed E-state index contributed by atoms with van der Waals surface area (Å²) in [5.74, 6) is 2.01. The minimum Gasteiger partial charge on any atom is -0.340 e. The highest BCUT2D eigenvalue weighted by molar-refractivity contribution is 6.30. The molecule has 0 unspecified atom stereocenters. The fourth-order valence-corrected chi connectivity index (χ4v) is 7.16. The molecule has 0 radical (unpaired) electrons. The van der Waals surface area contributed by atoms with Crippen LogP contribution in [-0.4, -0.2) is 54.9 Å². The molecule has 1 spiro atoms. The van der Waals surface area contributed by atoms with E-state index in [-0.39, 0.29) is 30.2 Å². The molecule has 2 aromatic heterocycles. The molecular formula is C27H28ClF4N7. The molecule has 0 atom stereocenters. The molecule has 3 aromatic rings. The van der Waals surface area contributed by atoms with Crippen LogP contribution < -0.4 is 4.90 Å². The molecule has 2 aliphatic carbocycles. The lowest BCUT2D eigenvalue weighted by Gasteiger charge is -2.58. The summed E-state index contributed by atoms with van der Waals surface area (Å²) in [5.41, 5.74) is 0.762. The number of alkyl halides is 3. The number of nitrogens with zero attached hydrogens (tertiary/aromatic N) is 7. The third-order valence-electron chi connectivity index (χ3n) is 9.29. The van der Waals surface area contributed by atoms with Crippen molar-refractivity contribution in [2.75, 3.05) is 18.0 Å². The van der Waals surface area contributed by atoms with Gasteiger partial charge in [-0.05, 0) is 56.4 Å². The molecule has 0 bridgehead atoms. The predicted molar refractivity (Wildman–Crippen MR) is 136 cm³/mol. The zero-order chi connectivity index (χ0) is 27.3. The first-order valence-corrected chi connectivity index (χ1v) is 13.6. The third kappa shape index (κ3) is 3.95. The molecule has 1 saturated heterocycles. The largest absolute Gasteiger partial charge is 0.394 e. The molecule has 0 N–H and O–H groups in total. The Bertz CT molecular complexity index is 1450. The first-order valence-electron chi connectivity index (χ1n) is 13.2. The molecule has 7 nitrogen and oxygen atoms in total. The first-order chi connectivity index (χ1) is 18.4. The van der Waals surface area contributed by atoms with Gasteiger partial charge in [0.05, 0.1) is 29.5 Å². The highest BCUT2D eigenvalue weighted by Gasteiger charge is 2.60. The average Bonchev–Trinajstić information content (AvgIpc) is 3.11. The second-order valence-electron chi connectivity index (χ2n) is 12.2. The summed E-state index contributed by atoms with van der Waals surface area (Å²) in [7, 11) is 0. The maximum Gasteiger partial charge on any atom is 0.394 e. The van der Waals surface area contributed by atoms with Gasteiger partial charge in [0.15, 0.2) is 11.6 Å². The summed E-state index contributed by atoms with van der Waals surface area (Å²) in [6, 6.07) is 5.53. The monoisotopic (exact) mass is 561 g/mol. The van der Waals surface area contributed by atoms with Gasteiger partial charge in [0, 0.05) is 42.0 Å². The van der Waals surface area contributed by atoms with Crippen molar-refractivity contribution < 1.29 is 17.6 Å². The predicted octanol–water partition coefficient (Wildman–Crippen LogP) is 5.59. The van der Waals surface area contributed by atoms with E-state index in [4.69, 9.17) is 11.6 Å². The zero-order valence-electron chi connectivity index (χ0n) is 21.6. The second kappa shape index (κ2) is 8.36. The molecule has 4 heterocycles. The van der Waals surface area contributed by atoms with E-state index in [1.807, 2.05) is 18.2 Å². The van der Waals surface area contributed by atoms with Gasteiger partial charge < -0.3 is 4.90 Å². The number of benzene rings is 1. The topological polar surface area (TPSA) is 63.0 Å². The molecule has 4 aliphatic rings. The van der Waals surface area contributed by atoms with Gasteiger partial charge in [-0.3, -0.25) is 9.47 Å². The number of halogens is 5. The van der Waals surface area contributed by atoms with E-state index in [0.717, 1.165) is 48.8 Å². The van der Waals surface area contributed by atoms with Crippen molar-refractivity contribution in [2.24, 2.45) is 10.8 Å². The number of aromatic nitrogens is 5. The average molecular weight is 562 g/mol. The SMILES string of the molecule is Cc1nc(N2CC3(CC(c4nnc5n4-c4ccc(Cl)cc4CN(C4CC(C)(C(F)(F)F)C4)C5)C3)C2)ncc1F. The second-order valence-corrected chi connectivity index (χ2v) is 12.6. The molecular weight excluding hydrogens is 534 g/mol. The Morgan fingerprint density at radius 2 is 1.79 bits per heavy atom. The number of fused-ring (bicyclic) bond motifs is 3. The minimum absolute atomic E-state index is 0.0757. The maximum absolute atomic E-state index is 13.6. The molecule has 206 valence electrons. The molecule has 39 heavy (non-hydrogen) atoms. The molecule has 12 heteroatoms. The van der Waals surface area contributed by atoms with Gasteiger partial charge in [-0.25, -0.2) is 14.4 Å². The van der Waals surface area contributed by atoms with Crippen LogP contribution in [0.2, 0.25) is 5.02 Å². The van der Waals surface area contributed by atoms with Crippen LogP contribution in [0, 0.1) is 23.6 Å². The molecule has 2 saturated carbocycles. The number of rotatable bonds is 3. The van der Waals surface area contributed by atoms with Gasteiger partial charge in [-0.15, -0.1) is 10.2 Å². The van der Waals surface area contributed by atoms with E-state index in [1.54, 1.807) is 6.92 Å². The van der Waals surface area contributed by atoms with Gasteiger partial charge in [0.1, 0.15) is 5.82 Å². The van der Waals surface area contributed by atoms with Crippen molar-refractivity contribution >= 4 is 17.5 Å². The smallest absolute Gasteiger partial charge is 0.340 e. The van der Waals surface area contributed by atoms with Gasteiger partial charge in [0.2, 0.25) is 5.95 Å². The van der Waals surface area contributed by atoms with Crippen LogP contribution >= 0.6 is 11.6 Å². The van der Waals surface area contributed by atoms with Crippen LogP contribution in [0.25, 0.3) is 5.69 Å². The number of anilines is 1. The fourth-order valence-electron chi connectivity index (χ4n) is 6.97. The van der Waals surface area contributed by atoms with Crippen LogP contribution in [0.1, 0.15) is 61.4 Å². The molecule has 7 rings (SSSR count). The van der Waals surface area contributed by atoms with Gasteiger partial charge in [-0.2, -0.15) is 13.2 Å². The Hall–Kier alpha value is -2.79. The van der Waals surface area contributed by atoms with E-state index < -0.39 is 17.4 Å². The van der Waals surface area contributed by atoms with Crippen LogP contribution in [0.15, 0.2) is 24.4 Å². The summed E-state index contributed by atoms with van der Waals surface area (Å²) in [5, 5.41) is 9.74. The lowest BCUT2D eigenvalue weighted by Crippen LogP contribution is -2.62. The number of hydrogen-bond acceptors (Lipinski definition) is 6. The van der Waals surface area contributed by atoms with Crippen molar-refractivity contribution in [1.82, 2.24) is 29.6 Å². The Kier molecular flexibility index (Phi) is 5.40. The van der Waals surface area contributed by atoms with Crippen LogP contribution in [-0.2, 0) is 13.1 Å². The lowest BCUT2D eigenvalue weighted by molar-refractivity contribution is -0.258. The first kappa shape index (κ1) is 25.2. The quantitative estimate of drug-likeness (QED) is 0.389. The Labute approximate surface area is 228 Å². The number of aryl methyl sites for hydroxylation is 1. The Balaban J connectivity index is 1.11. The molecule has 3 fully saturated rings. The number of hydrogen-bond donors (Lipinski definition) is 0. The molecule has 0 amide bonds. The van der Waals surface area contributed by atoms with Crippen LogP contribution in [0.3, 0.4) is 0 Å². The summed E-state index contributed by atoms with van der Waals surface area (Å²) in [4.78, 5) is 12.6. The Morgan fingerprint density at radius 3 is 2.49 bits per heavy atom. The van der Waals surface area contributed by atoms with Gasteiger partial charge in [0.25, 0.3) is 0 Å². The van der Waals surface area contributed by atoms with E-state index in [9.17, 15) is 17.6 Å². The molecule has 2 aliphatic heterocycles. The Morgan fingerprint density at radius 1 is 1.05 bits per heavy atom. The highest BCUT2D eigenvalue weighted by atomic mass is 35.5. The lowest BCUT2D eigenvalue weighted by atomic mass is 9.57. The summed E-state index contributed by atoms with van der Waals surface area (Å²) in [6.45, 7) is 5.52. The van der Waals surface area contributed by atoms with Crippen molar-refractivity contribution in [2.45, 2.75) is 70.8 Å². The van der Waals surface area contributed by atoms with E-state index in [0.29, 0.717) is 29.8 Å². The highest BCUT2D eigenvalue weighted by Crippen LogP contribution is 2.57. The third-order valence-corrected chi connectivity index (χ3v) is 9.53. The molecule has 1 aromatic carbocycles. The van der Waals surface area contributed by atoms with E-state index in [1.165, 1.54) is 13.1 Å². The standard InChI is InChI=1S/C27H28ClF4N7/c1-15-20(29)10-33-24(34-15)38-13-26(14-38)6-17(7-26)23-36-35-22-12-37(19-8-25(2,9-19)27(30,31)32)11-16-5-18(28)3-4-21(16)39(22)23/h3-5,10,17,19H,6-9,11-14H2,1-2H3. The maximum atomic E-state index is 13.6. The minimum atomic E-state index is -4.21. The van der Waals surface area contributed by atoms with Crippen LogP contribution in [0.4, 0.5) is 23.5 Å². The van der Waals surface area contributed by atoms with Crippen molar-refractivity contribution in [1.29, 1.82) is 0 Å². The fraction of sp³-hybridized carbons (Fsp3) is 0.556. The van der Waals surface area contributed by atoms with Crippen molar-refractivity contribution in [3.05, 3.63) is 58.1 Å². The van der Waals surface area contributed by atoms with Crippen LogP contribution in [0.5, 0.6) is 0 Å². The summed E-state index contributed by atoms with van der Waals surface area (Å²) < 4.78 is 56.3. The summed E-state index contributed by atoms with van der Waals surface area (Å²) in [6.07, 6.45) is -0.943. The zero-order valence-corrected chi connectivity index (χ0v) is 22.4. The summed E-state index contributed by atoms with van der Waals surface area (Å²) >= 11 is 6.35. The van der Waals surface area contributed by atoms with E-state index in [2.05, 4.69) is 34.5 Å². The van der Waals surface area contributed by atoms with Gasteiger partial charge in [-0.1, -0.05) is 18.5 Å². The van der Waals surface area contributed by atoms with Crippen molar-refractivity contribution in [3.8, 4) is 5.69 Å². The van der Waals surface area contributed by atoms with Crippen molar-refractivity contribution in [3.63, 3.8) is 0 Å². The van der Waals surface area contributed by atoms with Gasteiger partial charge >= 0.3 is 6.18 Å². The normalized spacial score (nSPS) is 26.3. The van der Waals surface area contributed by atoms with E-state index >= 15 is 0 Å².